The number of aromatic hydroxyl groups is 1. The van der Waals surface area contributed by atoms with Gasteiger partial charge in [0.25, 0.3) is 0 Å². The number of aryl methyl sites for hydroxylation is 1. The normalized spacial score (nSPS) is 21.0. The summed E-state index contributed by atoms with van der Waals surface area (Å²) in [5.74, 6) is 1.63. The van der Waals surface area contributed by atoms with Crippen molar-refractivity contribution < 1.29 is 19.4 Å². The number of anilines is 1. The zero-order valence-corrected chi connectivity index (χ0v) is 28.8. The first-order chi connectivity index (χ1) is 22.3. The fraction of sp³-hybridized carbons (Fsp3) is 0.568. The molecule has 3 amide bonds. The van der Waals surface area contributed by atoms with Gasteiger partial charge in [0, 0.05) is 69.3 Å². The van der Waals surface area contributed by atoms with Crippen LogP contribution in [-0.2, 0) is 22.4 Å². The Bertz CT molecular complexity index is 1390. The van der Waals surface area contributed by atoms with E-state index in [9.17, 15) is 14.7 Å². The summed E-state index contributed by atoms with van der Waals surface area (Å²) >= 11 is 3.50. The maximum atomic E-state index is 14.2. The van der Waals surface area contributed by atoms with Crippen LogP contribution in [0.4, 0.5) is 10.5 Å². The molecule has 2 N–H and O–H groups in total. The van der Waals surface area contributed by atoms with Gasteiger partial charge in [-0.15, -0.1) is 0 Å². The Morgan fingerprint density at radius 3 is 2.39 bits per heavy atom. The molecule has 0 aromatic heterocycles. The van der Waals surface area contributed by atoms with Crippen molar-refractivity contribution in [3.8, 4) is 5.75 Å². The molecule has 0 saturated carbocycles. The molecule has 9 heteroatoms. The second-order valence-corrected chi connectivity index (χ2v) is 14.6. The van der Waals surface area contributed by atoms with Gasteiger partial charge < -0.3 is 29.9 Å². The summed E-state index contributed by atoms with van der Waals surface area (Å²) in [5.41, 5.74) is 4.94. The number of carbonyl (C=O) groups excluding carboxylic acids is 2. The molecule has 0 unspecified atom stereocenters. The first kappa shape index (κ1) is 32.9. The van der Waals surface area contributed by atoms with E-state index in [1.807, 2.05) is 42.2 Å². The number of halogens is 1. The number of allylic oxidation sites excluding steroid dienone is 1. The zero-order chi connectivity index (χ0) is 32.2. The second-order valence-electron chi connectivity index (χ2n) is 13.8. The van der Waals surface area contributed by atoms with Gasteiger partial charge >= 0.3 is 6.03 Å². The number of ether oxygens (including phenoxy) is 1. The third-order valence-electron chi connectivity index (χ3n) is 10.9. The molecule has 4 heterocycles. The molecule has 4 aliphatic heterocycles. The molecule has 0 spiro atoms. The van der Waals surface area contributed by atoms with Crippen molar-refractivity contribution >= 4 is 33.6 Å². The quantitative estimate of drug-likeness (QED) is 0.320. The van der Waals surface area contributed by atoms with Crippen molar-refractivity contribution in [2.45, 2.75) is 70.8 Å². The molecule has 0 radical (unpaired) electrons. The average Bonchev–Trinajstić information content (AvgIpc) is 3.25. The number of para-hydroxylation sites is 1. The predicted molar refractivity (Wildman–Crippen MR) is 185 cm³/mol. The number of phenolic OH excluding ortho intramolecular Hbond substituents is 1. The number of carbonyl (C=O) groups is 2. The smallest absolute Gasteiger partial charge is 0.322 e. The van der Waals surface area contributed by atoms with Gasteiger partial charge in [0.15, 0.2) is 0 Å². The molecular formula is C37H49BrN4O4. The van der Waals surface area contributed by atoms with Crippen molar-refractivity contribution in [2.24, 2.45) is 17.8 Å². The van der Waals surface area contributed by atoms with Crippen LogP contribution in [-0.4, -0.2) is 83.7 Å². The highest BCUT2D eigenvalue weighted by Gasteiger charge is 2.34. The van der Waals surface area contributed by atoms with E-state index in [0.29, 0.717) is 23.2 Å². The number of fused-ring (bicyclic) bond motifs is 1. The van der Waals surface area contributed by atoms with Crippen LogP contribution in [0.15, 0.2) is 53.1 Å². The van der Waals surface area contributed by atoms with Crippen LogP contribution in [0.3, 0.4) is 0 Å². The number of benzene rings is 2. The maximum Gasteiger partial charge on any atom is 0.322 e. The minimum atomic E-state index is -0.226. The lowest BCUT2D eigenvalue weighted by Crippen LogP contribution is -2.49. The molecular weight excluding hydrogens is 644 g/mol. The molecule has 2 aromatic rings. The van der Waals surface area contributed by atoms with E-state index in [2.05, 4.69) is 43.7 Å². The Morgan fingerprint density at radius 2 is 1.67 bits per heavy atom. The molecule has 248 valence electrons. The largest absolute Gasteiger partial charge is 0.506 e. The van der Waals surface area contributed by atoms with Crippen molar-refractivity contribution in [1.82, 2.24) is 14.7 Å². The van der Waals surface area contributed by atoms with E-state index in [4.69, 9.17) is 4.74 Å². The number of hydrogen-bond acceptors (Lipinski definition) is 5. The topological polar surface area (TPSA) is 85.3 Å². The number of piperidine rings is 2. The van der Waals surface area contributed by atoms with E-state index in [0.717, 1.165) is 119 Å². The third kappa shape index (κ3) is 7.57. The Labute approximate surface area is 282 Å². The van der Waals surface area contributed by atoms with Crippen LogP contribution in [0, 0.1) is 24.7 Å². The second kappa shape index (κ2) is 14.8. The first-order valence-electron chi connectivity index (χ1n) is 17.2. The van der Waals surface area contributed by atoms with Gasteiger partial charge in [-0.25, -0.2) is 4.79 Å². The van der Waals surface area contributed by atoms with Gasteiger partial charge in [-0.05, 0) is 121 Å². The van der Waals surface area contributed by atoms with Crippen LogP contribution >= 0.6 is 15.9 Å². The zero-order valence-electron chi connectivity index (χ0n) is 27.2. The van der Waals surface area contributed by atoms with Gasteiger partial charge in [0.1, 0.15) is 5.75 Å². The fourth-order valence-electron chi connectivity index (χ4n) is 8.14. The van der Waals surface area contributed by atoms with Crippen LogP contribution in [0.25, 0.3) is 0 Å². The number of nitrogens with zero attached hydrogens (tertiary/aromatic N) is 3. The van der Waals surface area contributed by atoms with Crippen molar-refractivity contribution in [3.05, 3.63) is 69.8 Å². The number of hydrogen-bond donors (Lipinski definition) is 2. The third-order valence-corrected chi connectivity index (χ3v) is 11.5. The highest BCUT2D eigenvalue weighted by atomic mass is 79.9. The molecule has 4 aliphatic rings. The molecule has 46 heavy (non-hydrogen) atoms. The summed E-state index contributed by atoms with van der Waals surface area (Å²) in [5, 5.41) is 13.5. The van der Waals surface area contributed by atoms with E-state index in [1.165, 1.54) is 5.56 Å². The number of phenols is 1. The highest BCUT2D eigenvalue weighted by Crippen LogP contribution is 2.35. The number of rotatable bonds is 8. The van der Waals surface area contributed by atoms with Crippen LogP contribution < -0.4 is 5.32 Å². The molecule has 3 fully saturated rings. The number of urea groups is 1. The van der Waals surface area contributed by atoms with E-state index >= 15 is 0 Å². The molecule has 3 saturated heterocycles. The van der Waals surface area contributed by atoms with Gasteiger partial charge in [-0.3, -0.25) is 4.79 Å². The summed E-state index contributed by atoms with van der Waals surface area (Å²) < 4.78 is 6.25. The van der Waals surface area contributed by atoms with E-state index in [-0.39, 0.29) is 29.6 Å². The van der Waals surface area contributed by atoms with Crippen LogP contribution in [0.1, 0.15) is 61.6 Å². The molecule has 2 aromatic carbocycles. The average molecular weight is 694 g/mol. The Kier molecular flexibility index (Phi) is 10.6. The Morgan fingerprint density at radius 1 is 1.00 bits per heavy atom. The van der Waals surface area contributed by atoms with Crippen molar-refractivity contribution in [2.75, 3.05) is 51.3 Å². The summed E-state index contributed by atoms with van der Waals surface area (Å²) in [6.45, 7) is 12.1. The monoisotopic (exact) mass is 692 g/mol. The van der Waals surface area contributed by atoms with Crippen LogP contribution in [0.5, 0.6) is 5.75 Å². The molecule has 1 atom stereocenters. The summed E-state index contributed by atoms with van der Waals surface area (Å²) in [6.07, 6.45) is 8.23. The van der Waals surface area contributed by atoms with Gasteiger partial charge in [-0.1, -0.05) is 30.8 Å². The lowest BCUT2D eigenvalue weighted by Gasteiger charge is -2.41. The van der Waals surface area contributed by atoms with Crippen molar-refractivity contribution in [3.63, 3.8) is 0 Å². The van der Waals surface area contributed by atoms with Crippen molar-refractivity contribution in [1.29, 1.82) is 0 Å². The Balaban J connectivity index is 1.09. The standard InChI is InChI=1S/C37H49BrN4O4/c1-25-21-27(24-33(38)35(25)43)23-31(36(44)41-14-7-28(8-15-41)29-12-19-46-20-13-29)22-26(2)40-16-10-32(11-17-40)42-18-9-30-5-3-4-6-34(30)39-37(42)45/h3-6,21,24,28-29,31-32,43H,2,7-20,22-23H2,1H3,(H,39,45)/t31-/m1/s1. The summed E-state index contributed by atoms with van der Waals surface area (Å²) in [4.78, 5) is 33.8. The highest BCUT2D eigenvalue weighted by molar-refractivity contribution is 9.10. The van der Waals surface area contributed by atoms with E-state index < -0.39 is 0 Å². The first-order valence-corrected chi connectivity index (χ1v) is 18.0. The number of amides is 3. The predicted octanol–water partition coefficient (Wildman–Crippen LogP) is 6.75. The van der Waals surface area contributed by atoms with E-state index in [1.54, 1.807) is 0 Å². The van der Waals surface area contributed by atoms with Gasteiger partial charge in [0.05, 0.1) is 4.47 Å². The maximum absolute atomic E-state index is 14.2. The SMILES string of the molecule is C=C(C[C@H](Cc1cc(C)c(O)c(Br)c1)C(=O)N1CCC(C2CCOCC2)CC1)N1CCC(N2CCc3ccccc3NC2=O)CC1. The lowest BCUT2D eigenvalue weighted by molar-refractivity contribution is -0.137. The Hall–Kier alpha value is -3.04. The van der Waals surface area contributed by atoms with Gasteiger partial charge in [-0.2, -0.15) is 0 Å². The molecule has 8 nitrogen and oxygen atoms in total. The minimum Gasteiger partial charge on any atom is -0.506 e. The lowest BCUT2D eigenvalue weighted by atomic mass is 9.79. The van der Waals surface area contributed by atoms with Gasteiger partial charge in [0.2, 0.25) is 5.91 Å². The number of nitrogens with one attached hydrogen (secondary N) is 1. The summed E-state index contributed by atoms with van der Waals surface area (Å²) in [6, 6.07) is 12.2. The minimum absolute atomic E-state index is 0.0103. The van der Waals surface area contributed by atoms with Crippen LogP contribution in [0.2, 0.25) is 0 Å². The summed E-state index contributed by atoms with van der Waals surface area (Å²) in [7, 11) is 0. The molecule has 0 aliphatic carbocycles. The molecule has 6 rings (SSSR count). The number of likely N-dealkylation sites (tertiary alicyclic amines) is 2. The molecule has 0 bridgehead atoms. The fourth-order valence-corrected chi connectivity index (χ4v) is 8.75.